The van der Waals surface area contributed by atoms with E-state index in [-0.39, 0.29) is 0 Å². The van der Waals surface area contributed by atoms with Crippen molar-refractivity contribution < 1.29 is 4.74 Å². The van der Waals surface area contributed by atoms with Crippen LogP contribution in [0.2, 0.25) is 0 Å². The second kappa shape index (κ2) is 8.69. The van der Waals surface area contributed by atoms with Gasteiger partial charge >= 0.3 is 0 Å². The maximum absolute atomic E-state index is 5.79. The van der Waals surface area contributed by atoms with Crippen LogP contribution >= 0.6 is 11.3 Å². The van der Waals surface area contributed by atoms with Crippen molar-refractivity contribution in [2.75, 3.05) is 32.8 Å². The van der Waals surface area contributed by atoms with Crippen molar-refractivity contribution in [3.8, 4) is 0 Å². The van der Waals surface area contributed by atoms with Gasteiger partial charge < -0.3 is 15.0 Å². The highest BCUT2D eigenvalue weighted by Gasteiger charge is 2.09. The molecule has 0 amide bonds. The van der Waals surface area contributed by atoms with Crippen molar-refractivity contribution in [3.05, 3.63) is 21.9 Å². The molecule has 0 atom stereocenters. The highest BCUT2D eigenvalue weighted by atomic mass is 32.1. The predicted octanol–water partition coefficient (Wildman–Crippen LogP) is 2.86. The molecular weight excluding hydrogens is 256 g/mol. The van der Waals surface area contributed by atoms with E-state index in [0.29, 0.717) is 0 Å². The van der Waals surface area contributed by atoms with Crippen LogP contribution in [0.15, 0.2) is 12.1 Å². The van der Waals surface area contributed by atoms with Crippen molar-refractivity contribution in [1.29, 1.82) is 0 Å². The van der Waals surface area contributed by atoms with E-state index < -0.39 is 0 Å². The lowest BCUT2D eigenvalue weighted by atomic mass is 10.1. The quantitative estimate of drug-likeness (QED) is 0.742. The van der Waals surface area contributed by atoms with Gasteiger partial charge in [0.2, 0.25) is 0 Å². The zero-order valence-corrected chi connectivity index (χ0v) is 12.8. The van der Waals surface area contributed by atoms with Gasteiger partial charge in [0.05, 0.1) is 13.2 Å². The highest BCUT2D eigenvalue weighted by molar-refractivity contribution is 7.11. The van der Waals surface area contributed by atoms with Crippen LogP contribution < -0.4 is 5.32 Å². The van der Waals surface area contributed by atoms with E-state index in [4.69, 9.17) is 4.74 Å². The number of piperidine rings is 1. The van der Waals surface area contributed by atoms with Gasteiger partial charge in [-0.1, -0.05) is 13.3 Å². The number of nitrogens with zero attached hydrogens (tertiary/aromatic N) is 1. The molecule has 108 valence electrons. The lowest BCUT2D eigenvalue weighted by molar-refractivity contribution is 0.0878. The molecule has 0 aromatic carbocycles. The maximum atomic E-state index is 5.79. The Morgan fingerprint density at radius 3 is 2.79 bits per heavy atom. The topological polar surface area (TPSA) is 24.5 Å². The fourth-order valence-corrected chi connectivity index (χ4v) is 3.32. The number of rotatable bonds is 8. The largest absolute Gasteiger partial charge is 0.375 e. The summed E-state index contributed by atoms with van der Waals surface area (Å²) in [5, 5.41) is 3.35. The Hall–Kier alpha value is -0.420. The number of nitrogens with one attached hydrogen (secondary N) is 1. The van der Waals surface area contributed by atoms with E-state index in [0.717, 1.165) is 32.8 Å². The number of hydrogen-bond donors (Lipinski definition) is 1. The van der Waals surface area contributed by atoms with E-state index in [2.05, 4.69) is 29.3 Å². The Morgan fingerprint density at radius 1 is 1.21 bits per heavy atom. The van der Waals surface area contributed by atoms with Gasteiger partial charge in [0.25, 0.3) is 0 Å². The van der Waals surface area contributed by atoms with E-state index >= 15 is 0 Å². The Kier molecular flexibility index (Phi) is 6.85. The summed E-state index contributed by atoms with van der Waals surface area (Å²) in [5.74, 6) is 0. The van der Waals surface area contributed by atoms with Gasteiger partial charge in [0.1, 0.15) is 0 Å². The molecule has 4 heteroatoms. The van der Waals surface area contributed by atoms with Gasteiger partial charge in [-0.15, -0.1) is 11.3 Å². The molecule has 0 radical (unpaired) electrons. The Labute approximate surface area is 121 Å². The molecule has 2 rings (SSSR count). The Morgan fingerprint density at radius 2 is 2.00 bits per heavy atom. The second-order valence-electron chi connectivity index (χ2n) is 5.10. The van der Waals surface area contributed by atoms with E-state index in [9.17, 15) is 0 Å². The molecule has 1 saturated heterocycles. The first-order chi connectivity index (χ1) is 9.38. The number of thiophene rings is 1. The Balaban J connectivity index is 1.58. The zero-order chi connectivity index (χ0) is 13.3. The third kappa shape index (κ3) is 5.61. The first kappa shape index (κ1) is 15.0. The first-order valence-corrected chi connectivity index (χ1v) is 8.28. The minimum absolute atomic E-state index is 0.768. The smallest absolute Gasteiger partial charge is 0.0810 e. The molecule has 3 nitrogen and oxygen atoms in total. The van der Waals surface area contributed by atoms with Crippen LogP contribution in [0, 0.1) is 0 Å². The predicted molar refractivity (Wildman–Crippen MR) is 81.6 cm³/mol. The van der Waals surface area contributed by atoms with Crippen molar-refractivity contribution in [1.82, 2.24) is 10.2 Å². The van der Waals surface area contributed by atoms with E-state index in [1.54, 1.807) is 0 Å². The fourth-order valence-electron chi connectivity index (χ4n) is 2.39. The molecule has 0 unspecified atom stereocenters. The van der Waals surface area contributed by atoms with E-state index in [1.165, 1.54) is 42.1 Å². The van der Waals surface area contributed by atoms with Gasteiger partial charge in [0.15, 0.2) is 0 Å². The van der Waals surface area contributed by atoms with Gasteiger partial charge in [-0.3, -0.25) is 0 Å². The third-order valence-corrected chi connectivity index (χ3v) is 4.57. The van der Waals surface area contributed by atoms with Crippen LogP contribution in [0.4, 0.5) is 0 Å². The van der Waals surface area contributed by atoms with Crippen LogP contribution in [-0.4, -0.2) is 37.7 Å². The summed E-state index contributed by atoms with van der Waals surface area (Å²) >= 11 is 1.86. The second-order valence-corrected chi connectivity index (χ2v) is 6.36. The van der Waals surface area contributed by atoms with Crippen LogP contribution in [0.3, 0.4) is 0 Å². The minimum Gasteiger partial charge on any atom is -0.375 e. The molecule has 1 aliphatic heterocycles. The molecule has 1 fully saturated rings. The minimum atomic E-state index is 0.768. The van der Waals surface area contributed by atoms with Crippen LogP contribution in [0.1, 0.15) is 35.9 Å². The van der Waals surface area contributed by atoms with Crippen LogP contribution in [0.25, 0.3) is 0 Å². The average Bonchev–Trinajstić information content (AvgIpc) is 2.90. The normalized spacial score (nSPS) is 16.9. The molecule has 2 heterocycles. The summed E-state index contributed by atoms with van der Waals surface area (Å²) in [5.41, 5.74) is 0. The lowest BCUT2D eigenvalue weighted by Crippen LogP contribution is -2.32. The number of hydrogen-bond acceptors (Lipinski definition) is 4. The van der Waals surface area contributed by atoms with Gasteiger partial charge in [-0.05, 0) is 44.6 Å². The summed E-state index contributed by atoms with van der Waals surface area (Å²) in [6.07, 6.45) is 4.12. The molecule has 0 spiro atoms. The molecule has 0 aliphatic carbocycles. The third-order valence-electron chi connectivity index (χ3n) is 3.51. The van der Waals surface area contributed by atoms with Crippen LogP contribution in [0.5, 0.6) is 0 Å². The van der Waals surface area contributed by atoms with Gasteiger partial charge in [0, 0.05) is 22.8 Å². The molecule has 0 bridgehead atoms. The van der Waals surface area contributed by atoms with Gasteiger partial charge in [-0.2, -0.15) is 0 Å². The SMILES string of the molecule is CCNCc1ccc(COCCN2CCCCC2)s1. The zero-order valence-electron chi connectivity index (χ0n) is 12.0. The highest BCUT2D eigenvalue weighted by Crippen LogP contribution is 2.17. The van der Waals surface area contributed by atoms with Crippen molar-refractivity contribution in [2.24, 2.45) is 0 Å². The molecule has 19 heavy (non-hydrogen) atoms. The van der Waals surface area contributed by atoms with Crippen molar-refractivity contribution in [3.63, 3.8) is 0 Å². The molecular formula is C15H26N2OS. The first-order valence-electron chi connectivity index (χ1n) is 7.47. The van der Waals surface area contributed by atoms with Gasteiger partial charge in [-0.25, -0.2) is 0 Å². The number of likely N-dealkylation sites (tertiary alicyclic amines) is 1. The summed E-state index contributed by atoms with van der Waals surface area (Å²) in [4.78, 5) is 5.26. The summed E-state index contributed by atoms with van der Waals surface area (Å²) in [7, 11) is 0. The number of ether oxygens (including phenoxy) is 1. The summed E-state index contributed by atoms with van der Waals surface area (Å²) in [6, 6.07) is 4.40. The molecule has 1 N–H and O–H groups in total. The summed E-state index contributed by atoms with van der Waals surface area (Å²) in [6.45, 7) is 9.39. The monoisotopic (exact) mass is 282 g/mol. The molecule has 1 aliphatic rings. The molecule has 1 aromatic heterocycles. The maximum Gasteiger partial charge on any atom is 0.0810 e. The van der Waals surface area contributed by atoms with Crippen molar-refractivity contribution >= 4 is 11.3 Å². The van der Waals surface area contributed by atoms with Crippen molar-refractivity contribution in [2.45, 2.75) is 39.3 Å². The molecule has 0 saturated carbocycles. The van der Waals surface area contributed by atoms with Crippen LogP contribution in [-0.2, 0) is 17.9 Å². The fraction of sp³-hybridized carbons (Fsp3) is 0.733. The molecule has 1 aromatic rings. The summed E-state index contributed by atoms with van der Waals surface area (Å²) < 4.78 is 5.79. The lowest BCUT2D eigenvalue weighted by Gasteiger charge is -2.26. The Bertz CT molecular complexity index is 348. The standard InChI is InChI=1S/C15H26N2OS/c1-2-16-12-14-6-7-15(19-14)13-18-11-10-17-8-4-3-5-9-17/h6-7,16H,2-5,8-13H2,1H3. The average molecular weight is 282 g/mol. The van der Waals surface area contributed by atoms with E-state index in [1.807, 2.05) is 11.3 Å².